The van der Waals surface area contributed by atoms with Gasteiger partial charge in [0.15, 0.2) is 23.1 Å². The first-order chi connectivity index (χ1) is 25.1. The zero-order valence-corrected chi connectivity index (χ0v) is 34.1. The van der Waals surface area contributed by atoms with E-state index in [1.54, 1.807) is 66.7 Å². The molecule has 3 aromatic rings. The molecule has 54 heavy (non-hydrogen) atoms. The Hall–Kier alpha value is -4.00. The van der Waals surface area contributed by atoms with Crippen LogP contribution in [0.15, 0.2) is 42.7 Å². The molecule has 0 bridgehead atoms. The minimum Gasteiger partial charge on any atom is -0.455 e. The molecule has 0 saturated carbocycles. The lowest BCUT2D eigenvalue weighted by Gasteiger charge is -2.29. The van der Waals surface area contributed by atoms with Gasteiger partial charge in [-0.25, -0.2) is 14.1 Å². The number of phosphoric ester groups is 1. The van der Waals surface area contributed by atoms with E-state index in [9.17, 15) is 24.2 Å². The minimum atomic E-state index is -4.53. The van der Waals surface area contributed by atoms with E-state index in [0.717, 1.165) is 17.3 Å². The van der Waals surface area contributed by atoms with Gasteiger partial charge in [-0.3, -0.25) is 23.4 Å². The largest absolute Gasteiger partial charge is 0.530 e. The second kappa shape index (κ2) is 16.8. The van der Waals surface area contributed by atoms with Crippen LogP contribution in [-0.2, 0) is 53.2 Å². The number of nitrogens with two attached hydrogens (primary N) is 1. The third kappa shape index (κ3) is 9.80. The number of esters is 2. The van der Waals surface area contributed by atoms with Crippen LogP contribution in [0.25, 0.3) is 5.52 Å². The quantitative estimate of drug-likeness (QED) is 0.107. The van der Waals surface area contributed by atoms with Crippen LogP contribution < -0.4 is 10.3 Å². The predicted molar refractivity (Wildman–Crippen MR) is 201 cm³/mol. The van der Waals surface area contributed by atoms with E-state index in [2.05, 4.69) is 16.2 Å². The lowest BCUT2D eigenvalue weighted by molar-refractivity contribution is -0.173. The second-order valence-corrected chi connectivity index (χ2v) is 18.2. The Kier molecular flexibility index (Phi) is 13.3. The summed E-state index contributed by atoms with van der Waals surface area (Å²) in [4.78, 5) is 42.9. The Bertz CT molecular complexity index is 1910. The molecule has 2 aromatic heterocycles. The number of hydrogen-bond acceptors (Lipinski definition) is 15. The number of carbonyl (C=O) groups excluding carboxylic acids is 3. The van der Waals surface area contributed by atoms with Gasteiger partial charge in [-0.15, -0.1) is 0 Å². The summed E-state index contributed by atoms with van der Waals surface area (Å²) >= 11 is 1.02. The maximum absolute atomic E-state index is 14.4. The number of nitriles is 1. The van der Waals surface area contributed by atoms with Gasteiger partial charge < -0.3 is 24.5 Å². The van der Waals surface area contributed by atoms with Gasteiger partial charge in [0.25, 0.3) is 0 Å². The molecular weight excluding hydrogens is 737 g/mol. The van der Waals surface area contributed by atoms with Crippen LogP contribution in [0.2, 0.25) is 0 Å². The molecule has 0 spiro atoms. The number of benzene rings is 1. The van der Waals surface area contributed by atoms with Crippen molar-refractivity contribution in [1.29, 1.82) is 5.26 Å². The van der Waals surface area contributed by atoms with Gasteiger partial charge in [0.1, 0.15) is 29.8 Å². The predicted octanol–water partition coefficient (Wildman–Crippen LogP) is 6.39. The van der Waals surface area contributed by atoms with Crippen molar-refractivity contribution in [3.63, 3.8) is 0 Å². The summed E-state index contributed by atoms with van der Waals surface area (Å²) in [5.41, 5.74) is 4.60. The molecule has 0 aliphatic carbocycles. The number of fused-ring (bicyclic) bond motifs is 1. The highest BCUT2D eigenvalue weighted by atomic mass is 32.2. The van der Waals surface area contributed by atoms with Crippen LogP contribution in [0, 0.1) is 28.6 Å². The lowest BCUT2D eigenvalue weighted by atomic mass is 9.87. The number of rotatable bonds is 14. The third-order valence-corrected chi connectivity index (χ3v) is 11.0. The van der Waals surface area contributed by atoms with Crippen molar-refractivity contribution in [2.24, 2.45) is 17.3 Å². The Morgan fingerprint density at radius 2 is 1.63 bits per heavy atom. The fourth-order valence-electron chi connectivity index (χ4n) is 5.23. The summed E-state index contributed by atoms with van der Waals surface area (Å²) in [6.07, 6.45) is -3.20. The van der Waals surface area contributed by atoms with Crippen LogP contribution in [-0.4, -0.2) is 68.9 Å². The molecular formula is C37H50N5O10PS. The van der Waals surface area contributed by atoms with Crippen LogP contribution in [0.1, 0.15) is 80.5 Å². The summed E-state index contributed by atoms with van der Waals surface area (Å²) in [5, 5.41) is 15.1. The highest BCUT2D eigenvalue weighted by molar-refractivity contribution is 8.13. The highest BCUT2D eigenvalue weighted by Crippen LogP contribution is 2.52. The summed E-state index contributed by atoms with van der Waals surface area (Å²) in [5.74, 6) is -2.25. The Labute approximate surface area is 320 Å². The molecule has 0 amide bonds. The maximum Gasteiger partial charge on any atom is 0.530 e. The van der Waals surface area contributed by atoms with E-state index in [4.69, 9.17) is 33.5 Å². The van der Waals surface area contributed by atoms with Crippen molar-refractivity contribution in [2.75, 3.05) is 24.7 Å². The van der Waals surface area contributed by atoms with Crippen molar-refractivity contribution < 1.29 is 46.7 Å². The molecule has 1 aromatic carbocycles. The van der Waals surface area contributed by atoms with Crippen LogP contribution >= 0.6 is 19.6 Å². The first-order valence-corrected chi connectivity index (χ1v) is 20.0. The normalized spacial score (nSPS) is 21.5. The van der Waals surface area contributed by atoms with Gasteiger partial charge in [0, 0.05) is 11.2 Å². The monoisotopic (exact) mass is 787 g/mol. The van der Waals surface area contributed by atoms with Crippen molar-refractivity contribution in [2.45, 2.75) is 98.6 Å². The fourth-order valence-corrected chi connectivity index (χ4v) is 7.35. The molecule has 2 N–H and O–H groups in total. The Morgan fingerprint density at radius 3 is 2.20 bits per heavy atom. The van der Waals surface area contributed by atoms with Crippen LogP contribution in [0.5, 0.6) is 5.75 Å². The molecule has 4 rings (SSSR count). The number of nitrogens with zero attached hydrogens (tertiary/aromatic N) is 4. The van der Waals surface area contributed by atoms with E-state index < -0.39 is 67.5 Å². The van der Waals surface area contributed by atoms with Crippen LogP contribution in [0.4, 0.5) is 5.82 Å². The molecule has 1 aliphatic rings. The van der Waals surface area contributed by atoms with E-state index in [1.165, 1.54) is 16.9 Å². The van der Waals surface area contributed by atoms with E-state index in [0.29, 0.717) is 5.52 Å². The maximum atomic E-state index is 14.4. The summed E-state index contributed by atoms with van der Waals surface area (Å²) in [6.45, 7) is 17.1. The molecule has 1 fully saturated rings. The highest BCUT2D eigenvalue weighted by Gasteiger charge is 2.63. The molecule has 0 radical (unpaired) electrons. The third-order valence-electron chi connectivity index (χ3n) is 8.38. The number of anilines is 1. The fraction of sp³-hybridized carbons (Fsp3) is 0.568. The minimum absolute atomic E-state index is 0.0885. The second-order valence-electron chi connectivity index (χ2n) is 15.6. The van der Waals surface area contributed by atoms with Crippen LogP contribution in [0.3, 0.4) is 0 Å². The van der Waals surface area contributed by atoms with Crippen molar-refractivity contribution in [3.05, 3.63) is 54.0 Å². The number of aromatic nitrogens is 3. The van der Waals surface area contributed by atoms with Crippen molar-refractivity contribution in [3.8, 4) is 11.8 Å². The summed E-state index contributed by atoms with van der Waals surface area (Å²) in [6, 6.07) is 12.1. The molecule has 3 heterocycles. The standard InChI is InChI=1S/C37H50N5O10PS/c1-22(2)32(43)49-29-27(51-37(20-38,30(29)50-33(44)23(3)4)28-16-15-26-31(39)40-21-41-42(26)28)19-48-53(46,47-17-18-54-34(45)36(8,9)10)52-25-13-11-24(12-14-25)35(5,6)7/h11-16,21-23,27,29-30H,17-19H2,1-10H3,(H2,39,40,41)/t27-,29-,30-,37+,53+/m1/s1. The van der Waals surface area contributed by atoms with E-state index in [1.807, 2.05) is 32.9 Å². The van der Waals surface area contributed by atoms with Gasteiger partial charge in [0.2, 0.25) is 5.60 Å². The average molecular weight is 788 g/mol. The molecule has 15 nitrogen and oxygen atoms in total. The number of carbonyl (C=O) groups is 3. The number of ether oxygens (including phenoxy) is 3. The Morgan fingerprint density at radius 1 is 1.00 bits per heavy atom. The van der Waals surface area contributed by atoms with Gasteiger partial charge in [-0.1, -0.05) is 93.1 Å². The van der Waals surface area contributed by atoms with Gasteiger partial charge in [-0.05, 0) is 35.2 Å². The van der Waals surface area contributed by atoms with Crippen molar-refractivity contribution in [1.82, 2.24) is 14.6 Å². The number of hydrogen-bond donors (Lipinski definition) is 1. The summed E-state index contributed by atoms with van der Waals surface area (Å²) in [7, 11) is -4.53. The zero-order valence-electron chi connectivity index (χ0n) is 32.4. The molecule has 1 saturated heterocycles. The van der Waals surface area contributed by atoms with E-state index in [-0.39, 0.29) is 40.2 Å². The van der Waals surface area contributed by atoms with Gasteiger partial charge in [-0.2, -0.15) is 10.4 Å². The molecule has 294 valence electrons. The lowest BCUT2D eigenvalue weighted by Crippen LogP contribution is -2.47. The molecule has 0 unspecified atom stereocenters. The van der Waals surface area contributed by atoms with Gasteiger partial charge in [0.05, 0.1) is 30.7 Å². The SMILES string of the molecule is CC(C)C(=O)O[C@H]1[C@@H](OC(=O)C(C)C)[C@](C#N)(c2ccc3c(N)ncnn23)O[C@@H]1CO[P@](=O)(OCCSC(=O)C(C)(C)C)Oc1ccc(C(C)(C)C)cc1. The van der Waals surface area contributed by atoms with Crippen molar-refractivity contribution >= 4 is 48.0 Å². The number of phosphoric acid groups is 1. The molecule has 5 atom stereocenters. The Balaban J connectivity index is 1.74. The topological polar surface area (TPSA) is 204 Å². The smallest absolute Gasteiger partial charge is 0.455 e. The average Bonchev–Trinajstić information content (AvgIpc) is 3.65. The number of thioether (sulfide) groups is 1. The molecule has 1 aliphatic heterocycles. The first-order valence-electron chi connectivity index (χ1n) is 17.6. The van der Waals surface area contributed by atoms with E-state index >= 15 is 0 Å². The first kappa shape index (κ1) is 42.7. The number of nitrogen functional groups attached to an aromatic ring is 1. The summed E-state index contributed by atoms with van der Waals surface area (Å²) < 4.78 is 51.5. The molecule has 17 heteroatoms. The van der Waals surface area contributed by atoms with Gasteiger partial charge >= 0.3 is 19.8 Å². The zero-order chi connectivity index (χ0) is 40.2.